The monoisotopic (exact) mass is 332 g/mol. The Morgan fingerprint density at radius 1 is 1.05 bits per heavy atom. The maximum Gasteiger partial charge on any atom is 0.416 e. The fourth-order valence-corrected chi connectivity index (χ4v) is 1.73. The summed E-state index contributed by atoms with van der Waals surface area (Å²) in [5.74, 6) is -0.0407. The first-order valence-electron chi connectivity index (χ1n) is 5.48. The molecule has 0 unspecified atom stereocenters. The summed E-state index contributed by atoms with van der Waals surface area (Å²) in [6, 6.07) is 4.23. The van der Waals surface area contributed by atoms with Gasteiger partial charge in [-0.05, 0) is 24.3 Å². The van der Waals surface area contributed by atoms with Crippen LogP contribution in [-0.4, -0.2) is 34.0 Å². The smallest absolute Gasteiger partial charge is 0.416 e. The van der Waals surface area contributed by atoms with Crippen LogP contribution in [0.25, 0.3) is 0 Å². The van der Waals surface area contributed by atoms with E-state index >= 15 is 0 Å². The zero-order valence-corrected chi connectivity index (χ0v) is 11.8. The molecular formula is C11H12ClF3O4S. The maximum atomic E-state index is 12.3. The van der Waals surface area contributed by atoms with Crippen molar-refractivity contribution in [1.29, 1.82) is 0 Å². The first-order valence-corrected chi connectivity index (χ1v) is 7.96. The second kappa shape index (κ2) is 7.14. The summed E-state index contributed by atoms with van der Waals surface area (Å²) in [6.45, 7) is 0.128. The van der Waals surface area contributed by atoms with Crippen LogP contribution < -0.4 is 4.74 Å². The van der Waals surface area contributed by atoms with Gasteiger partial charge in [-0.25, -0.2) is 8.42 Å². The van der Waals surface area contributed by atoms with E-state index in [4.69, 9.17) is 20.2 Å². The molecule has 114 valence electrons. The Bertz CT molecular complexity index is 513. The molecule has 1 aromatic carbocycles. The van der Waals surface area contributed by atoms with Crippen molar-refractivity contribution >= 4 is 19.7 Å². The molecule has 0 aliphatic carbocycles. The summed E-state index contributed by atoms with van der Waals surface area (Å²) in [6.07, 6.45) is -4.38. The fraction of sp³-hybridized carbons (Fsp3) is 0.455. The highest BCUT2D eigenvalue weighted by atomic mass is 35.7. The molecule has 0 aliphatic rings. The van der Waals surface area contributed by atoms with Gasteiger partial charge >= 0.3 is 6.18 Å². The van der Waals surface area contributed by atoms with Gasteiger partial charge < -0.3 is 9.47 Å². The van der Waals surface area contributed by atoms with Crippen molar-refractivity contribution < 1.29 is 31.1 Å². The number of hydrogen-bond acceptors (Lipinski definition) is 4. The van der Waals surface area contributed by atoms with Crippen LogP contribution in [0.5, 0.6) is 5.75 Å². The van der Waals surface area contributed by atoms with Gasteiger partial charge in [-0.1, -0.05) is 0 Å². The van der Waals surface area contributed by atoms with Gasteiger partial charge in [0.25, 0.3) is 0 Å². The second-order valence-electron chi connectivity index (χ2n) is 3.73. The molecule has 0 aliphatic heterocycles. The van der Waals surface area contributed by atoms with Gasteiger partial charge in [-0.2, -0.15) is 13.2 Å². The number of alkyl halides is 3. The highest BCUT2D eigenvalue weighted by molar-refractivity contribution is 8.13. The van der Waals surface area contributed by atoms with Gasteiger partial charge in [0.2, 0.25) is 9.05 Å². The van der Waals surface area contributed by atoms with Crippen LogP contribution in [0.1, 0.15) is 5.56 Å². The first-order chi connectivity index (χ1) is 9.18. The standard InChI is InChI=1S/C11H12ClF3O4S/c12-20(16,17)8-7-18-5-6-19-10-3-1-9(2-4-10)11(13,14)15/h1-4H,5-8H2. The van der Waals surface area contributed by atoms with Crippen LogP contribution in [-0.2, 0) is 20.0 Å². The minimum Gasteiger partial charge on any atom is -0.491 e. The van der Waals surface area contributed by atoms with Crippen molar-refractivity contribution in [3.8, 4) is 5.75 Å². The van der Waals surface area contributed by atoms with E-state index in [1.54, 1.807) is 0 Å². The largest absolute Gasteiger partial charge is 0.491 e. The van der Waals surface area contributed by atoms with Gasteiger partial charge in [0.15, 0.2) is 0 Å². The molecule has 1 rings (SSSR count). The van der Waals surface area contributed by atoms with Gasteiger partial charge in [-0.3, -0.25) is 0 Å². The van der Waals surface area contributed by atoms with Gasteiger partial charge in [0.1, 0.15) is 12.4 Å². The fourth-order valence-electron chi connectivity index (χ4n) is 1.22. The maximum absolute atomic E-state index is 12.3. The minimum absolute atomic E-state index is 0.0673. The van der Waals surface area contributed by atoms with Crippen molar-refractivity contribution in [1.82, 2.24) is 0 Å². The Balaban J connectivity index is 2.26. The molecule has 9 heteroatoms. The van der Waals surface area contributed by atoms with E-state index in [2.05, 4.69) is 0 Å². The molecule has 0 fully saturated rings. The highest BCUT2D eigenvalue weighted by Crippen LogP contribution is 2.30. The number of ether oxygens (including phenoxy) is 2. The van der Waals surface area contributed by atoms with E-state index in [0.717, 1.165) is 12.1 Å². The Morgan fingerprint density at radius 3 is 2.15 bits per heavy atom. The number of hydrogen-bond donors (Lipinski definition) is 0. The van der Waals surface area contributed by atoms with Gasteiger partial charge in [-0.15, -0.1) is 0 Å². The van der Waals surface area contributed by atoms with E-state index in [-0.39, 0.29) is 31.3 Å². The molecule has 0 saturated carbocycles. The molecular weight excluding hydrogens is 321 g/mol. The van der Waals surface area contributed by atoms with E-state index in [9.17, 15) is 21.6 Å². The molecule has 0 atom stereocenters. The van der Waals surface area contributed by atoms with Crippen molar-refractivity contribution in [3.63, 3.8) is 0 Å². The van der Waals surface area contributed by atoms with Crippen LogP contribution in [0.2, 0.25) is 0 Å². The number of halogens is 4. The summed E-state index contributed by atoms with van der Waals surface area (Å²) in [5.41, 5.74) is -0.756. The van der Waals surface area contributed by atoms with Crippen LogP contribution in [0, 0.1) is 0 Å². The van der Waals surface area contributed by atoms with Crippen molar-refractivity contribution in [3.05, 3.63) is 29.8 Å². The molecule has 1 aromatic rings. The lowest BCUT2D eigenvalue weighted by Crippen LogP contribution is -2.12. The van der Waals surface area contributed by atoms with Gasteiger partial charge in [0, 0.05) is 10.7 Å². The Kier molecular flexibility index (Phi) is 6.09. The van der Waals surface area contributed by atoms with Crippen LogP contribution >= 0.6 is 10.7 Å². The summed E-state index contributed by atoms with van der Waals surface area (Å²) in [5, 5.41) is 0. The van der Waals surface area contributed by atoms with Gasteiger partial charge in [0.05, 0.1) is 24.5 Å². The lowest BCUT2D eigenvalue weighted by Gasteiger charge is -2.09. The zero-order valence-electron chi connectivity index (χ0n) is 10.2. The lowest BCUT2D eigenvalue weighted by atomic mass is 10.2. The van der Waals surface area contributed by atoms with Crippen LogP contribution in [0.15, 0.2) is 24.3 Å². The molecule has 0 spiro atoms. The minimum atomic E-state index is -4.38. The van der Waals surface area contributed by atoms with Crippen LogP contribution in [0.3, 0.4) is 0 Å². The summed E-state index contributed by atoms with van der Waals surface area (Å²) in [7, 11) is 1.38. The predicted octanol–water partition coefficient (Wildman–Crippen LogP) is 2.67. The molecule has 0 saturated heterocycles. The number of benzene rings is 1. The molecule has 0 bridgehead atoms. The first kappa shape index (κ1) is 17.1. The Morgan fingerprint density at radius 2 is 1.65 bits per heavy atom. The van der Waals surface area contributed by atoms with Crippen molar-refractivity contribution in [2.75, 3.05) is 25.6 Å². The highest BCUT2D eigenvalue weighted by Gasteiger charge is 2.29. The number of rotatable bonds is 7. The lowest BCUT2D eigenvalue weighted by molar-refractivity contribution is -0.137. The van der Waals surface area contributed by atoms with Crippen LogP contribution in [0.4, 0.5) is 13.2 Å². The topological polar surface area (TPSA) is 52.6 Å². The molecule has 0 amide bonds. The summed E-state index contributed by atoms with van der Waals surface area (Å²) < 4.78 is 68.1. The van der Waals surface area contributed by atoms with E-state index in [1.165, 1.54) is 12.1 Å². The Hall–Kier alpha value is -0.990. The van der Waals surface area contributed by atoms with Crippen molar-refractivity contribution in [2.45, 2.75) is 6.18 Å². The predicted molar refractivity (Wildman–Crippen MR) is 67.4 cm³/mol. The van der Waals surface area contributed by atoms with E-state index < -0.39 is 20.8 Å². The molecule has 0 radical (unpaired) electrons. The van der Waals surface area contributed by atoms with E-state index in [0.29, 0.717) is 0 Å². The average Bonchev–Trinajstić information content (AvgIpc) is 2.32. The molecule has 20 heavy (non-hydrogen) atoms. The normalized spacial score (nSPS) is 12.4. The third-order valence-corrected chi connectivity index (χ3v) is 3.27. The van der Waals surface area contributed by atoms with E-state index in [1.807, 2.05) is 0 Å². The summed E-state index contributed by atoms with van der Waals surface area (Å²) >= 11 is 0. The molecule has 0 N–H and O–H groups in total. The Labute approximate surface area is 118 Å². The zero-order chi connectivity index (χ0) is 15.2. The second-order valence-corrected chi connectivity index (χ2v) is 6.62. The SMILES string of the molecule is O=S(=O)(Cl)CCOCCOc1ccc(C(F)(F)F)cc1. The third-order valence-electron chi connectivity index (χ3n) is 2.15. The molecule has 0 aromatic heterocycles. The average molecular weight is 333 g/mol. The van der Waals surface area contributed by atoms with Crippen molar-refractivity contribution in [2.24, 2.45) is 0 Å². The summed E-state index contributed by atoms with van der Waals surface area (Å²) in [4.78, 5) is 0. The quantitative estimate of drug-likeness (QED) is 0.569. The molecule has 0 heterocycles. The third kappa shape index (κ3) is 6.97. The molecule has 4 nitrogen and oxygen atoms in total.